The molecule has 1 fully saturated rings. The molecule has 0 radical (unpaired) electrons. The van der Waals surface area contributed by atoms with E-state index in [-0.39, 0.29) is 17.3 Å². The second kappa shape index (κ2) is 9.87. The molecule has 1 aliphatic carbocycles. The molecule has 1 aliphatic rings. The van der Waals surface area contributed by atoms with E-state index in [1.165, 1.54) is 6.42 Å². The fourth-order valence-electron chi connectivity index (χ4n) is 3.53. The first-order valence-electron chi connectivity index (χ1n) is 9.84. The standard InChI is InChI=1S/C23H29O4S/c1-17(23(24)27-20-7-5-4-6-8-20)28(21-13-9-18(25-2)10-14-21)22-15-11-19(26-3)12-16-22/h9-17,20H,4-8H2,1-3H3/q+1. The summed E-state index contributed by atoms with van der Waals surface area (Å²) in [5, 5.41) is -0.260. The Morgan fingerprint density at radius 3 is 1.75 bits per heavy atom. The molecule has 0 aliphatic heterocycles. The molecule has 0 amide bonds. The predicted octanol–water partition coefficient (Wildman–Crippen LogP) is 5.00. The van der Waals surface area contributed by atoms with E-state index >= 15 is 0 Å². The number of benzene rings is 2. The third kappa shape index (κ3) is 5.02. The van der Waals surface area contributed by atoms with Crippen LogP contribution in [0.4, 0.5) is 0 Å². The molecule has 0 N–H and O–H groups in total. The van der Waals surface area contributed by atoms with Gasteiger partial charge in [0.1, 0.15) is 17.6 Å². The molecule has 0 heterocycles. The van der Waals surface area contributed by atoms with Crippen molar-refractivity contribution in [2.75, 3.05) is 14.2 Å². The molecule has 4 nitrogen and oxygen atoms in total. The van der Waals surface area contributed by atoms with Gasteiger partial charge >= 0.3 is 5.97 Å². The third-order valence-electron chi connectivity index (χ3n) is 5.15. The van der Waals surface area contributed by atoms with E-state index in [9.17, 15) is 4.79 Å². The number of rotatable bonds is 7. The molecular formula is C23H29O4S+. The largest absolute Gasteiger partial charge is 0.497 e. The van der Waals surface area contributed by atoms with Crippen molar-refractivity contribution in [1.29, 1.82) is 0 Å². The molecule has 5 heteroatoms. The second-order valence-electron chi connectivity index (χ2n) is 7.03. The van der Waals surface area contributed by atoms with Gasteiger partial charge in [-0.05, 0) is 81.1 Å². The molecular weight excluding hydrogens is 372 g/mol. The highest BCUT2D eigenvalue weighted by atomic mass is 32.2. The molecule has 0 spiro atoms. The van der Waals surface area contributed by atoms with Crippen molar-refractivity contribution < 1.29 is 19.0 Å². The summed E-state index contributed by atoms with van der Waals surface area (Å²) in [5.74, 6) is 1.50. The van der Waals surface area contributed by atoms with Crippen LogP contribution >= 0.6 is 0 Å². The first-order chi connectivity index (χ1) is 13.6. The molecule has 150 valence electrons. The van der Waals surface area contributed by atoms with Crippen LogP contribution in [-0.2, 0) is 20.4 Å². The highest BCUT2D eigenvalue weighted by Gasteiger charge is 2.39. The van der Waals surface area contributed by atoms with E-state index in [2.05, 4.69) is 0 Å². The van der Waals surface area contributed by atoms with Crippen LogP contribution < -0.4 is 9.47 Å². The van der Waals surface area contributed by atoms with Crippen LogP contribution in [0.1, 0.15) is 39.0 Å². The summed E-state index contributed by atoms with van der Waals surface area (Å²) >= 11 is 0. The SMILES string of the molecule is COc1ccc([S+](c2ccc(OC)cc2)C(C)C(=O)OC2CCCCC2)cc1. The maximum atomic E-state index is 13.0. The van der Waals surface area contributed by atoms with E-state index in [4.69, 9.17) is 14.2 Å². The van der Waals surface area contributed by atoms with Gasteiger partial charge in [0.15, 0.2) is 9.79 Å². The maximum absolute atomic E-state index is 13.0. The Kier molecular flexibility index (Phi) is 7.26. The zero-order chi connectivity index (χ0) is 19.9. The van der Waals surface area contributed by atoms with Crippen LogP contribution in [0.3, 0.4) is 0 Å². The molecule has 3 rings (SSSR count). The van der Waals surface area contributed by atoms with Gasteiger partial charge in [0.05, 0.1) is 25.1 Å². The van der Waals surface area contributed by atoms with Crippen molar-refractivity contribution in [1.82, 2.24) is 0 Å². The number of hydrogen-bond acceptors (Lipinski definition) is 4. The Morgan fingerprint density at radius 1 is 0.857 bits per heavy atom. The normalized spacial score (nSPS) is 15.9. The molecule has 0 saturated heterocycles. The molecule has 1 saturated carbocycles. The predicted molar refractivity (Wildman–Crippen MR) is 112 cm³/mol. The molecule has 2 aromatic rings. The lowest BCUT2D eigenvalue weighted by Gasteiger charge is -2.23. The van der Waals surface area contributed by atoms with Gasteiger partial charge in [-0.2, -0.15) is 0 Å². The molecule has 0 aromatic heterocycles. The average molecular weight is 402 g/mol. The summed E-state index contributed by atoms with van der Waals surface area (Å²) in [5.41, 5.74) is 0. The highest BCUT2D eigenvalue weighted by molar-refractivity contribution is 7.98. The van der Waals surface area contributed by atoms with Crippen LogP contribution in [0.15, 0.2) is 58.3 Å². The minimum atomic E-state index is -0.437. The summed E-state index contributed by atoms with van der Waals surface area (Å²) < 4.78 is 16.5. The average Bonchev–Trinajstić information content (AvgIpc) is 2.75. The molecule has 2 aromatic carbocycles. The summed E-state index contributed by atoms with van der Waals surface area (Å²) in [6.07, 6.45) is 5.57. The van der Waals surface area contributed by atoms with Crippen molar-refractivity contribution in [2.24, 2.45) is 0 Å². The van der Waals surface area contributed by atoms with Crippen LogP contribution in [-0.4, -0.2) is 31.5 Å². The van der Waals surface area contributed by atoms with Crippen LogP contribution in [0.2, 0.25) is 0 Å². The quantitative estimate of drug-likeness (QED) is 0.483. The summed E-state index contributed by atoms with van der Waals surface area (Å²) in [4.78, 5) is 15.2. The minimum absolute atomic E-state index is 0.0703. The Hall–Kier alpha value is -2.14. The first kappa shape index (κ1) is 20.6. The monoisotopic (exact) mass is 401 g/mol. The minimum Gasteiger partial charge on any atom is -0.497 e. The number of methoxy groups -OCH3 is 2. The summed E-state index contributed by atoms with van der Waals surface area (Å²) in [7, 11) is 2.87. The molecule has 28 heavy (non-hydrogen) atoms. The van der Waals surface area contributed by atoms with E-state index in [1.54, 1.807) is 14.2 Å². The van der Waals surface area contributed by atoms with Crippen molar-refractivity contribution >= 4 is 16.9 Å². The Morgan fingerprint density at radius 2 is 1.32 bits per heavy atom. The fraction of sp³-hybridized carbons (Fsp3) is 0.435. The van der Waals surface area contributed by atoms with Crippen molar-refractivity contribution in [3.63, 3.8) is 0 Å². The Labute approximate surface area is 170 Å². The topological polar surface area (TPSA) is 44.8 Å². The third-order valence-corrected chi connectivity index (χ3v) is 7.61. The van der Waals surface area contributed by atoms with E-state index in [0.29, 0.717) is 0 Å². The lowest BCUT2D eigenvalue weighted by atomic mass is 9.98. The highest BCUT2D eigenvalue weighted by Crippen LogP contribution is 2.32. The number of esters is 1. The zero-order valence-electron chi connectivity index (χ0n) is 16.9. The van der Waals surface area contributed by atoms with Crippen LogP contribution in [0.5, 0.6) is 11.5 Å². The zero-order valence-corrected chi connectivity index (χ0v) is 17.7. The van der Waals surface area contributed by atoms with Gasteiger partial charge in [-0.1, -0.05) is 6.42 Å². The van der Waals surface area contributed by atoms with Gasteiger partial charge in [0.25, 0.3) is 0 Å². The fourth-order valence-corrected chi connectivity index (χ4v) is 5.72. The van der Waals surface area contributed by atoms with E-state index in [0.717, 1.165) is 47.0 Å². The van der Waals surface area contributed by atoms with Gasteiger partial charge < -0.3 is 14.2 Å². The molecule has 0 bridgehead atoms. The number of carbonyl (C=O) groups is 1. The van der Waals surface area contributed by atoms with Crippen LogP contribution in [0.25, 0.3) is 0 Å². The summed E-state index contributed by atoms with van der Waals surface area (Å²) in [6, 6.07) is 15.9. The van der Waals surface area contributed by atoms with Crippen molar-refractivity contribution in [3.8, 4) is 11.5 Å². The molecule has 1 atom stereocenters. The summed E-state index contributed by atoms with van der Waals surface area (Å²) in [6.45, 7) is 1.97. The number of ether oxygens (including phenoxy) is 3. The van der Waals surface area contributed by atoms with Crippen LogP contribution in [0, 0.1) is 0 Å². The van der Waals surface area contributed by atoms with Gasteiger partial charge in [0, 0.05) is 0 Å². The van der Waals surface area contributed by atoms with E-state index in [1.807, 2.05) is 55.5 Å². The number of carbonyl (C=O) groups excluding carboxylic acids is 1. The van der Waals surface area contributed by atoms with Gasteiger partial charge in [0.2, 0.25) is 5.25 Å². The second-order valence-corrected chi connectivity index (χ2v) is 9.35. The smallest absolute Gasteiger partial charge is 0.360 e. The maximum Gasteiger partial charge on any atom is 0.360 e. The van der Waals surface area contributed by atoms with Crippen molar-refractivity contribution in [3.05, 3.63) is 48.5 Å². The van der Waals surface area contributed by atoms with Gasteiger partial charge in [-0.25, -0.2) is 4.79 Å². The van der Waals surface area contributed by atoms with Gasteiger partial charge in [-0.15, -0.1) is 0 Å². The number of hydrogen-bond donors (Lipinski definition) is 0. The Balaban J connectivity index is 1.85. The van der Waals surface area contributed by atoms with Gasteiger partial charge in [-0.3, -0.25) is 0 Å². The Bertz CT molecular complexity index is 704. The lowest BCUT2D eigenvalue weighted by molar-refractivity contribution is -0.149. The lowest BCUT2D eigenvalue weighted by Crippen LogP contribution is -2.33. The molecule has 1 unspecified atom stereocenters. The van der Waals surface area contributed by atoms with E-state index < -0.39 is 10.9 Å². The first-order valence-corrected chi connectivity index (χ1v) is 11.1. The van der Waals surface area contributed by atoms with Crippen molar-refractivity contribution in [2.45, 2.75) is 60.2 Å².